The van der Waals surface area contributed by atoms with Crippen LogP contribution in [0.3, 0.4) is 0 Å². The molecule has 3 atom stereocenters. The quantitative estimate of drug-likeness (QED) is 0.769. The summed E-state index contributed by atoms with van der Waals surface area (Å²) in [6, 6.07) is 8.35. The zero-order valence-corrected chi connectivity index (χ0v) is 13.4. The van der Waals surface area contributed by atoms with Crippen molar-refractivity contribution in [2.75, 3.05) is 6.54 Å². The van der Waals surface area contributed by atoms with Gasteiger partial charge in [0.05, 0.1) is 12.0 Å². The van der Waals surface area contributed by atoms with E-state index in [-0.39, 0.29) is 19.4 Å². The third kappa shape index (κ3) is 6.03. The van der Waals surface area contributed by atoms with E-state index in [9.17, 15) is 23.1 Å². The van der Waals surface area contributed by atoms with Crippen molar-refractivity contribution in [3.63, 3.8) is 0 Å². The first-order chi connectivity index (χ1) is 11.3. The fraction of sp³-hybridized carbons (Fsp3) is 0.588. The Labute approximate surface area is 139 Å². The number of alkyl halides is 3. The highest BCUT2D eigenvalue weighted by Crippen LogP contribution is 2.37. The monoisotopic (exact) mass is 344 g/mol. The van der Waals surface area contributed by atoms with Gasteiger partial charge in [-0.3, -0.25) is 0 Å². The number of hydrogen-bond donors (Lipinski definition) is 3. The summed E-state index contributed by atoms with van der Waals surface area (Å²) in [5.74, 6) is -1.35. The molecule has 0 spiro atoms. The molecule has 1 aliphatic carbocycles. The molecule has 7 heteroatoms. The molecule has 1 aromatic carbocycles. The van der Waals surface area contributed by atoms with E-state index in [2.05, 4.69) is 10.6 Å². The number of amides is 2. The largest absolute Gasteiger partial charge is 0.391 e. The Balaban J connectivity index is 1.71. The summed E-state index contributed by atoms with van der Waals surface area (Å²) in [6.45, 7) is 0.0517. The lowest BCUT2D eigenvalue weighted by Gasteiger charge is -2.31. The molecule has 1 aliphatic rings. The number of carbonyl (C=O) groups is 1. The predicted molar refractivity (Wildman–Crippen MR) is 84.5 cm³/mol. The molecule has 0 saturated heterocycles. The van der Waals surface area contributed by atoms with E-state index >= 15 is 0 Å². The minimum Gasteiger partial charge on any atom is -0.391 e. The van der Waals surface area contributed by atoms with Gasteiger partial charge in [-0.05, 0) is 24.8 Å². The second-order valence-corrected chi connectivity index (χ2v) is 6.30. The van der Waals surface area contributed by atoms with Crippen LogP contribution in [0.5, 0.6) is 0 Å². The zero-order chi connectivity index (χ0) is 17.6. The second-order valence-electron chi connectivity index (χ2n) is 6.30. The molecule has 0 radical (unpaired) electrons. The number of benzene rings is 1. The normalized spacial score (nSPS) is 22.7. The average molecular weight is 344 g/mol. The molecule has 4 nitrogen and oxygen atoms in total. The third-order valence-corrected chi connectivity index (χ3v) is 4.28. The minimum atomic E-state index is -4.21. The molecular formula is C17H23F3N2O2. The van der Waals surface area contributed by atoms with Crippen molar-refractivity contribution in [1.82, 2.24) is 10.6 Å². The number of urea groups is 1. The van der Waals surface area contributed by atoms with Crippen LogP contribution in [-0.4, -0.2) is 36.0 Å². The van der Waals surface area contributed by atoms with E-state index < -0.39 is 30.3 Å². The fourth-order valence-electron chi connectivity index (χ4n) is 3.02. The summed E-state index contributed by atoms with van der Waals surface area (Å²) in [4.78, 5) is 11.8. The number of carbonyl (C=O) groups excluding carboxylic acids is 1. The molecule has 2 amide bonds. The summed E-state index contributed by atoms with van der Waals surface area (Å²) in [5, 5.41) is 15.0. The van der Waals surface area contributed by atoms with Crippen LogP contribution in [0.2, 0.25) is 0 Å². The van der Waals surface area contributed by atoms with Gasteiger partial charge >= 0.3 is 12.2 Å². The van der Waals surface area contributed by atoms with E-state index in [1.165, 1.54) is 0 Å². The van der Waals surface area contributed by atoms with Crippen LogP contribution >= 0.6 is 0 Å². The van der Waals surface area contributed by atoms with Crippen LogP contribution in [0.25, 0.3) is 0 Å². The number of aliphatic hydroxyl groups excluding tert-OH is 1. The Kier molecular flexibility index (Phi) is 6.48. The first-order valence-corrected chi connectivity index (χ1v) is 8.17. The van der Waals surface area contributed by atoms with Crippen molar-refractivity contribution in [3.05, 3.63) is 35.9 Å². The highest BCUT2D eigenvalue weighted by molar-refractivity contribution is 5.74. The van der Waals surface area contributed by atoms with Crippen molar-refractivity contribution in [2.45, 2.75) is 50.4 Å². The summed E-state index contributed by atoms with van der Waals surface area (Å²) in [5.41, 5.74) is 0.951. The number of nitrogens with one attached hydrogen (secondary N) is 2. The molecule has 1 aromatic rings. The Morgan fingerprint density at radius 3 is 2.62 bits per heavy atom. The summed E-state index contributed by atoms with van der Waals surface area (Å²) in [7, 11) is 0. The van der Waals surface area contributed by atoms with E-state index in [1.807, 2.05) is 30.3 Å². The van der Waals surface area contributed by atoms with Gasteiger partial charge in [-0.2, -0.15) is 13.2 Å². The van der Waals surface area contributed by atoms with E-state index in [4.69, 9.17) is 0 Å². The molecule has 24 heavy (non-hydrogen) atoms. The van der Waals surface area contributed by atoms with Crippen LogP contribution in [-0.2, 0) is 6.42 Å². The van der Waals surface area contributed by atoms with E-state index in [0.717, 1.165) is 5.56 Å². The van der Waals surface area contributed by atoms with E-state index in [0.29, 0.717) is 19.3 Å². The standard InChI is InChI=1S/C17H23F3N2O2/c18-17(19,20)13-7-4-8-14(10-13)22-16(24)21-11-15(23)9-12-5-2-1-3-6-12/h1-3,5-6,13-15,23H,4,7-11H2,(H2,21,22,24)/t13-,14+,15-/m1/s1. The topological polar surface area (TPSA) is 61.4 Å². The van der Waals surface area contributed by atoms with Crippen LogP contribution in [0, 0.1) is 5.92 Å². The maximum atomic E-state index is 12.8. The van der Waals surface area contributed by atoms with Crippen molar-refractivity contribution < 1.29 is 23.1 Å². The first-order valence-electron chi connectivity index (χ1n) is 8.17. The molecule has 0 aromatic heterocycles. The van der Waals surface area contributed by atoms with Gasteiger partial charge in [0, 0.05) is 19.0 Å². The first kappa shape index (κ1) is 18.6. The van der Waals surface area contributed by atoms with Gasteiger partial charge in [-0.1, -0.05) is 36.8 Å². The maximum Gasteiger partial charge on any atom is 0.391 e. The van der Waals surface area contributed by atoms with Gasteiger partial charge in [0.1, 0.15) is 0 Å². The Hall–Kier alpha value is -1.76. The van der Waals surface area contributed by atoms with Crippen molar-refractivity contribution in [3.8, 4) is 0 Å². The van der Waals surface area contributed by atoms with Gasteiger partial charge in [-0.25, -0.2) is 4.79 Å². The number of rotatable bonds is 5. The lowest BCUT2D eigenvalue weighted by molar-refractivity contribution is -0.183. The molecule has 1 saturated carbocycles. The highest BCUT2D eigenvalue weighted by Gasteiger charge is 2.42. The number of aliphatic hydroxyl groups is 1. The van der Waals surface area contributed by atoms with Crippen LogP contribution in [0.4, 0.5) is 18.0 Å². The van der Waals surface area contributed by atoms with Gasteiger partial charge in [0.2, 0.25) is 0 Å². The SMILES string of the molecule is O=C(NC[C@H](O)Cc1ccccc1)N[C@H]1CCC[C@@H](C(F)(F)F)C1. The Morgan fingerprint density at radius 1 is 1.25 bits per heavy atom. The Morgan fingerprint density at radius 2 is 1.96 bits per heavy atom. The lowest BCUT2D eigenvalue weighted by atomic mass is 9.85. The molecule has 134 valence electrons. The zero-order valence-electron chi connectivity index (χ0n) is 13.4. The van der Waals surface area contributed by atoms with Gasteiger partial charge < -0.3 is 15.7 Å². The predicted octanol–water partition coefficient (Wildman–Crippen LogP) is 3.01. The average Bonchev–Trinajstić information content (AvgIpc) is 2.53. The van der Waals surface area contributed by atoms with Gasteiger partial charge in [0.25, 0.3) is 0 Å². The number of hydrogen-bond acceptors (Lipinski definition) is 2. The smallest absolute Gasteiger partial charge is 0.391 e. The molecule has 0 heterocycles. The van der Waals surface area contributed by atoms with E-state index in [1.54, 1.807) is 0 Å². The third-order valence-electron chi connectivity index (χ3n) is 4.28. The summed E-state index contributed by atoms with van der Waals surface area (Å²) in [6.07, 6.45) is -3.50. The van der Waals surface area contributed by atoms with Gasteiger partial charge in [-0.15, -0.1) is 0 Å². The molecule has 3 N–H and O–H groups in total. The molecule has 1 fully saturated rings. The van der Waals surface area contributed by atoms with Gasteiger partial charge in [0.15, 0.2) is 0 Å². The maximum absolute atomic E-state index is 12.8. The molecule has 2 rings (SSSR count). The second kappa shape index (κ2) is 8.37. The highest BCUT2D eigenvalue weighted by atomic mass is 19.4. The molecule has 0 bridgehead atoms. The summed E-state index contributed by atoms with van der Waals surface area (Å²) < 4.78 is 38.3. The van der Waals surface area contributed by atoms with Crippen molar-refractivity contribution in [2.24, 2.45) is 5.92 Å². The van der Waals surface area contributed by atoms with Crippen molar-refractivity contribution >= 4 is 6.03 Å². The lowest BCUT2D eigenvalue weighted by Crippen LogP contribution is -2.47. The number of halogens is 3. The molecular weight excluding hydrogens is 321 g/mol. The van der Waals surface area contributed by atoms with Crippen LogP contribution < -0.4 is 10.6 Å². The molecule has 0 unspecified atom stereocenters. The Bertz CT molecular complexity index is 522. The molecule has 0 aliphatic heterocycles. The van der Waals surface area contributed by atoms with Crippen molar-refractivity contribution in [1.29, 1.82) is 0 Å². The minimum absolute atomic E-state index is 0.0517. The fourth-order valence-corrected chi connectivity index (χ4v) is 3.02. The van der Waals surface area contributed by atoms with Crippen LogP contribution in [0.15, 0.2) is 30.3 Å². The summed E-state index contributed by atoms with van der Waals surface area (Å²) >= 11 is 0. The van der Waals surface area contributed by atoms with Crippen LogP contribution in [0.1, 0.15) is 31.2 Å².